The number of rotatable bonds is 7. The lowest BCUT2D eigenvalue weighted by molar-refractivity contribution is -0.150. The molecule has 1 rings (SSSR count). The molecule has 1 heterocycles. The Kier molecular flexibility index (Phi) is 6.47. The van der Waals surface area contributed by atoms with E-state index in [1.54, 1.807) is 0 Å². The molecule has 0 aromatic heterocycles. The van der Waals surface area contributed by atoms with Crippen molar-refractivity contribution in [1.29, 1.82) is 0 Å². The largest absolute Gasteiger partial charge is 0.480 e. The molecule has 17 heavy (non-hydrogen) atoms. The number of aliphatic carboxylic acids is 1. The Bertz CT molecular complexity index is 233. The summed E-state index contributed by atoms with van der Waals surface area (Å²) in [7, 11) is 0. The first-order valence-electron chi connectivity index (χ1n) is 6.23. The van der Waals surface area contributed by atoms with Crippen molar-refractivity contribution in [1.82, 2.24) is 4.90 Å². The highest BCUT2D eigenvalue weighted by Gasteiger charge is 2.28. The summed E-state index contributed by atoms with van der Waals surface area (Å²) in [6.07, 6.45) is 1.05. The number of carboxylic acids is 1. The lowest BCUT2D eigenvalue weighted by Gasteiger charge is -2.32. The van der Waals surface area contributed by atoms with Crippen LogP contribution < -0.4 is 0 Å². The smallest absolute Gasteiger partial charge is 0.323 e. The molecule has 0 spiro atoms. The third kappa shape index (κ3) is 5.48. The van der Waals surface area contributed by atoms with Gasteiger partial charge < -0.3 is 14.6 Å². The van der Waals surface area contributed by atoms with Crippen molar-refractivity contribution in [2.45, 2.75) is 26.3 Å². The van der Waals surface area contributed by atoms with Crippen LogP contribution in [-0.4, -0.2) is 61.5 Å². The lowest BCUT2D eigenvalue weighted by atomic mass is 10.1. The van der Waals surface area contributed by atoms with Crippen LogP contribution in [0.2, 0.25) is 0 Å². The minimum absolute atomic E-state index is 0.279. The van der Waals surface area contributed by atoms with E-state index in [1.807, 2.05) is 4.90 Å². The quantitative estimate of drug-likeness (QED) is 0.673. The fourth-order valence-corrected chi connectivity index (χ4v) is 1.74. The van der Waals surface area contributed by atoms with Gasteiger partial charge in [-0.1, -0.05) is 13.8 Å². The highest BCUT2D eigenvalue weighted by Crippen LogP contribution is 2.07. The van der Waals surface area contributed by atoms with Crippen molar-refractivity contribution in [3.05, 3.63) is 0 Å². The van der Waals surface area contributed by atoms with Crippen LogP contribution in [0.25, 0.3) is 0 Å². The fraction of sp³-hybridized carbons (Fsp3) is 0.917. The molecule has 100 valence electrons. The molecule has 0 amide bonds. The Morgan fingerprint density at radius 3 is 2.94 bits per heavy atom. The molecule has 1 fully saturated rings. The van der Waals surface area contributed by atoms with Gasteiger partial charge in [0.1, 0.15) is 6.04 Å². The van der Waals surface area contributed by atoms with Crippen molar-refractivity contribution >= 4 is 5.97 Å². The number of carbonyl (C=O) groups is 1. The summed E-state index contributed by atoms with van der Waals surface area (Å²) in [5.41, 5.74) is 0. The molecule has 0 bridgehead atoms. The van der Waals surface area contributed by atoms with E-state index in [0.717, 1.165) is 13.0 Å². The second-order valence-electron chi connectivity index (χ2n) is 4.76. The maximum Gasteiger partial charge on any atom is 0.323 e. The number of nitrogens with zero attached hydrogens (tertiary/aromatic N) is 1. The predicted molar refractivity (Wildman–Crippen MR) is 64.1 cm³/mol. The van der Waals surface area contributed by atoms with Gasteiger partial charge in [-0.2, -0.15) is 0 Å². The van der Waals surface area contributed by atoms with Gasteiger partial charge in [-0.3, -0.25) is 9.69 Å². The molecule has 0 radical (unpaired) electrons. The van der Waals surface area contributed by atoms with Crippen LogP contribution in [0.4, 0.5) is 0 Å². The zero-order chi connectivity index (χ0) is 12.7. The highest BCUT2D eigenvalue weighted by molar-refractivity contribution is 5.73. The first-order valence-corrected chi connectivity index (χ1v) is 6.23. The molecule has 1 aliphatic heterocycles. The van der Waals surface area contributed by atoms with Gasteiger partial charge in [-0.15, -0.1) is 0 Å². The minimum atomic E-state index is -0.813. The molecular formula is C12H23NO4. The number of carboxylic acid groups (broad SMARTS) is 1. The van der Waals surface area contributed by atoms with E-state index >= 15 is 0 Å². The van der Waals surface area contributed by atoms with Crippen LogP contribution >= 0.6 is 0 Å². The van der Waals surface area contributed by atoms with Gasteiger partial charge in [0.05, 0.1) is 19.8 Å². The van der Waals surface area contributed by atoms with Crippen molar-refractivity contribution < 1.29 is 19.4 Å². The standard InChI is InChI=1S/C12H23NO4/c1-10(2)3-6-16-7-4-13-5-8-17-9-11(13)12(14)15/h10-11H,3-9H2,1-2H3,(H,14,15). The number of hydrogen-bond donors (Lipinski definition) is 1. The Hall–Kier alpha value is -0.650. The van der Waals surface area contributed by atoms with Crippen molar-refractivity contribution in [3.8, 4) is 0 Å². The molecule has 1 aliphatic rings. The molecule has 0 saturated carbocycles. The third-order valence-electron chi connectivity index (χ3n) is 2.89. The molecule has 1 N–H and O–H groups in total. The average molecular weight is 245 g/mol. The Morgan fingerprint density at radius 1 is 1.53 bits per heavy atom. The molecule has 5 heteroatoms. The van der Waals surface area contributed by atoms with Gasteiger partial charge >= 0.3 is 5.97 Å². The van der Waals surface area contributed by atoms with E-state index in [2.05, 4.69) is 13.8 Å². The molecular weight excluding hydrogens is 222 g/mol. The predicted octanol–water partition coefficient (Wildman–Crippen LogP) is 0.835. The van der Waals surface area contributed by atoms with Crippen LogP contribution in [0.1, 0.15) is 20.3 Å². The second kappa shape index (κ2) is 7.63. The molecule has 0 aliphatic carbocycles. The fourth-order valence-electron chi connectivity index (χ4n) is 1.74. The summed E-state index contributed by atoms with van der Waals surface area (Å²) in [4.78, 5) is 12.9. The molecule has 1 atom stereocenters. The van der Waals surface area contributed by atoms with Gasteiger partial charge in [0.2, 0.25) is 0 Å². The minimum Gasteiger partial charge on any atom is -0.480 e. The topological polar surface area (TPSA) is 59.0 Å². The normalized spacial score (nSPS) is 21.9. The molecule has 1 unspecified atom stereocenters. The average Bonchev–Trinajstić information content (AvgIpc) is 2.28. The molecule has 0 aromatic rings. The monoisotopic (exact) mass is 245 g/mol. The van der Waals surface area contributed by atoms with Crippen LogP contribution in [0, 0.1) is 5.92 Å². The lowest BCUT2D eigenvalue weighted by Crippen LogP contribution is -2.50. The SMILES string of the molecule is CC(C)CCOCCN1CCOCC1C(=O)O. The van der Waals surface area contributed by atoms with Gasteiger partial charge in [-0.05, 0) is 12.3 Å². The Morgan fingerprint density at radius 2 is 2.29 bits per heavy atom. The zero-order valence-corrected chi connectivity index (χ0v) is 10.7. The summed E-state index contributed by atoms with van der Waals surface area (Å²) < 4.78 is 10.7. The van der Waals surface area contributed by atoms with Crippen molar-refractivity contribution in [2.24, 2.45) is 5.92 Å². The Balaban J connectivity index is 2.17. The summed E-state index contributed by atoms with van der Waals surface area (Å²) >= 11 is 0. The maximum atomic E-state index is 11.0. The van der Waals surface area contributed by atoms with E-state index in [-0.39, 0.29) is 6.61 Å². The van der Waals surface area contributed by atoms with Gasteiger partial charge in [0, 0.05) is 19.7 Å². The van der Waals surface area contributed by atoms with E-state index < -0.39 is 12.0 Å². The van der Waals surface area contributed by atoms with E-state index in [0.29, 0.717) is 32.2 Å². The zero-order valence-electron chi connectivity index (χ0n) is 10.7. The first-order chi connectivity index (χ1) is 8.11. The van der Waals surface area contributed by atoms with Gasteiger partial charge in [0.25, 0.3) is 0 Å². The Labute approximate surface area is 103 Å². The van der Waals surface area contributed by atoms with E-state index in [9.17, 15) is 4.79 Å². The van der Waals surface area contributed by atoms with Crippen LogP contribution in [0.5, 0.6) is 0 Å². The van der Waals surface area contributed by atoms with Crippen LogP contribution in [0.3, 0.4) is 0 Å². The third-order valence-corrected chi connectivity index (χ3v) is 2.89. The van der Waals surface area contributed by atoms with Crippen molar-refractivity contribution in [3.63, 3.8) is 0 Å². The van der Waals surface area contributed by atoms with Gasteiger partial charge in [-0.25, -0.2) is 0 Å². The summed E-state index contributed by atoms with van der Waals surface area (Å²) in [6, 6.07) is -0.516. The van der Waals surface area contributed by atoms with Gasteiger partial charge in [0.15, 0.2) is 0 Å². The van der Waals surface area contributed by atoms with E-state index in [1.165, 1.54) is 0 Å². The van der Waals surface area contributed by atoms with Crippen LogP contribution in [-0.2, 0) is 14.3 Å². The molecule has 5 nitrogen and oxygen atoms in total. The summed E-state index contributed by atoms with van der Waals surface area (Å²) in [6.45, 7) is 7.88. The van der Waals surface area contributed by atoms with Crippen molar-refractivity contribution in [2.75, 3.05) is 39.5 Å². The number of morpholine rings is 1. The number of hydrogen-bond acceptors (Lipinski definition) is 4. The maximum absolute atomic E-state index is 11.0. The summed E-state index contributed by atoms with van der Waals surface area (Å²) in [5, 5.41) is 9.02. The highest BCUT2D eigenvalue weighted by atomic mass is 16.5. The molecule has 1 saturated heterocycles. The van der Waals surface area contributed by atoms with Crippen LogP contribution in [0.15, 0.2) is 0 Å². The second-order valence-corrected chi connectivity index (χ2v) is 4.76. The van der Waals surface area contributed by atoms with E-state index in [4.69, 9.17) is 14.6 Å². The first kappa shape index (κ1) is 14.4. The number of ether oxygens (including phenoxy) is 2. The molecule has 0 aromatic carbocycles. The summed E-state index contributed by atoms with van der Waals surface area (Å²) in [5.74, 6) is -0.169.